The van der Waals surface area contributed by atoms with Crippen LogP contribution in [0.25, 0.3) is 0 Å². The standard InChI is InChI=1S/C18H20N2O5/c1-9-3-5-11(6-4-9)24-10(2)16(21)19-20-17(22)14-12-7-8-13(25-12)15(14)18(20)23/h3-6,10,12-15H,7-8H2,1-2H3,(H,19,21)/t10-,12-,13-,14-,15-/m1/s1. The number of hydrazine groups is 1. The molecule has 5 atom stereocenters. The predicted octanol–water partition coefficient (Wildman–Crippen LogP) is 0.956. The average molecular weight is 344 g/mol. The summed E-state index contributed by atoms with van der Waals surface area (Å²) in [6, 6.07) is 7.30. The number of ether oxygens (including phenoxy) is 2. The monoisotopic (exact) mass is 344 g/mol. The van der Waals surface area contributed by atoms with Gasteiger partial charge in [0.2, 0.25) is 0 Å². The molecular weight excluding hydrogens is 324 g/mol. The molecule has 132 valence electrons. The number of nitrogens with zero attached hydrogens (tertiary/aromatic N) is 1. The summed E-state index contributed by atoms with van der Waals surface area (Å²) < 4.78 is 11.2. The van der Waals surface area contributed by atoms with Crippen LogP contribution in [0.3, 0.4) is 0 Å². The maximum Gasteiger partial charge on any atom is 0.279 e. The second-order valence-corrected chi connectivity index (χ2v) is 6.90. The minimum absolute atomic E-state index is 0.199. The second kappa shape index (κ2) is 5.84. The first-order chi connectivity index (χ1) is 12.0. The molecule has 0 radical (unpaired) electrons. The van der Waals surface area contributed by atoms with Gasteiger partial charge in [0, 0.05) is 0 Å². The van der Waals surface area contributed by atoms with Gasteiger partial charge in [-0.05, 0) is 38.8 Å². The first-order valence-corrected chi connectivity index (χ1v) is 8.53. The highest BCUT2D eigenvalue weighted by molar-refractivity contribution is 6.07. The van der Waals surface area contributed by atoms with Gasteiger partial charge in [-0.25, -0.2) is 0 Å². The molecule has 2 bridgehead atoms. The van der Waals surface area contributed by atoms with Crippen LogP contribution in [-0.4, -0.2) is 41.0 Å². The summed E-state index contributed by atoms with van der Waals surface area (Å²) >= 11 is 0. The lowest BCUT2D eigenvalue weighted by molar-refractivity contribution is -0.153. The zero-order chi connectivity index (χ0) is 17.7. The Morgan fingerprint density at radius 3 is 2.28 bits per heavy atom. The smallest absolute Gasteiger partial charge is 0.279 e. The van der Waals surface area contributed by atoms with Crippen molar-refractivity contribution in [3.63, 3.8) is 0 Å². The predicted molar refractivity (Wildman–Crippen MR) is 86.1 cm³/mol. The van der Waals surface area contributed by atoms with E-state index >= 15 is 0 Å². The number of aryl methyl sites for hydroxylation is 1. The van der Waals surface area contributed by atoms with Crippen molar-refractivity contribution in [3.05, 3.63) is 29.8 Å². The third-order valence-electron chi connectivity index (χ3n) is 5.21. The Morgan fingerprint density at radius 1 is 1.16 bits per heavy atom. The molecular formula is C18H20N2O5. The molecule has 3 aliphatic heterocycles. The Morgan fingerprint density at radius 2 is 1.72 bits per heavy atom. The third kappa shape index (κ3) is 2.59. The van der Waals surface area contributed by atoms with Gasteiger partial charge in [-0.15, -0.1) is 0 Å². The van der Waals surface area contributed by atoms with Gasteiger partial charge in [0.25, 0.3) is 17.7 Å². The third-order valence-corrected chi connectivity index (χ3v) is 5.21. The Bertz CT molecular complexity index is 703. The molecule has 0 aliphatic carbocycles. The molecule has 0 aromatic heterocycles. The maximum atomic E-state index is 12.5. The number of nitrogens with one attached hydrogen (secondary N) is 1. The van der Waals surface area contributed by atoms with Gasteiger partial charge in [0.15, 0.2) is 6.10 Å². The van der Waals surface area contributed by atoms with E-state index in [1.54, 1.807) is 19.1 Å². The van der Waals surface area contributed by atoms with Crippen molar-refractivity contribution in [1.82, 2.24) is 10.4 Å². The number of carbonyl (C=O) groups is 3. The summed E-state index contributed by atoms with van der Waals surface area (Å²) in [5.74, 6) is -1.65. The van der Waals surface area contributed by atoms with E-state index < -0.39 is 23.8 Å². The van der Waals surface area contributed by atoms with Crippen LogP contribution in [0.4, 0.5) is 0 Å². The molecule has 0 unspecified atom stereocenters. The van der Waals surface area contributed by atoms with Gasteiger partial charge in [0.05, 0.1) is 24.0 Å². The van der Waals surface area contributed by atoms with Gasteiger partial charge < -0.3 is 9.47 Å². The normalized spacial score (nSPS) is 31.2. The average Bonchev–Trinajstić information content (AvgIpc) is 3.26. The highest BCUT2D eigenvalue weighted by atomic mass is 16.5. The SMILES string of the molecule is Cc1ccc(O[C@H](C)C(=O)NN2C(=O)[C@H]3[C@H](C2=O)[C@H]2CC[C@H]3O2)cc1. The maximum absolute atomic E-state index is 12.5. The molecule has 7 heteroatoms. The molecule has 3 heterocycles. The van der Waals surface area contributed by atoms with Crippen molar-refractivity contribution in [3.8, 4) is 5.75 Å². The second-order valence-electron chi connectivity index (χ2n) is 6.90. The molecule has 0 saturated carbocycles. The van der Waals surface area contributed by atoms with E-state index in [2.05, 4.69) is 5.43 Å². The molecule has 4 rings (SSSR count). The van der Waals surface area contributed by atoms with Crippen molar-refractivity contribution in [2.75, 3.05) is 0 Å². The van der Waals surface area contributed by atoms with Crippen molar-refractivity contribution in [2.45, 2.75) is 45.0 Å². The fourth-order valence-electron chi connectivity index (χ4n) is 3.90. The van der Waals surface area contributed by atoms with Gasteiger partial charge >= 0.3 is 0 Å². The fraction of sp³-hybridized carbons (Fsp3) is 0.500. The largest absolute Gasteiger partial charge is 0.481 e. The molecule has 3 saturated heterocycles. The topological polar surface area (TPSA) is 84.9 Å². The number of imide groups is 1. The molecule has 0 spiro atoms. The van der Waals surface area contributed by atoms with E-state index in [0.29, 0.717) is 5.75 Å². The van der Waals surface area contributed by atoms with Gasteiger partial charge in [0.1, 0.15) is 5.75 Å². The lowest BCUT2D eigenvalue weighted by Gasteiger charge is -2.21. The number of carbonyl (C=O) groups excluding carboxylic acids is 3. The summed E-state index contributed by atoms with van der Waals surface area (Å²) in [7, 11) is 0. The Balaban J connectivity index is 1.41. The molecule has 1 aromatic rings. The quantitative estimate of drug-likeness (QED) is 0.822. The number of benzene rings is 1. The summed E-state index contributed by atoms with van der Waals surface area (Å²) in [6.45, 7) is 3.53. The fourth-order valence-corrected chi connectivity index (χ4v) is 3.90. The van der Waals surface area contributed by atoms with E-state index in [1.807, 2.05) is 19.1 Å². The van der Waals surface area contributed by atoms with E-state index in [9.17, 15) is 14.4 Å². The lowest BCUT2D eigenvalue weighted by atomic mass is 9.81. The van der Waals surface area contributed by atoms with E-state index in [-0.39, 0.29) is 24.0 Å². The summed E-state index contributed by atoms with van der Waals surface area (Å²) in [6.07, 6.45) is 0.347. The van der Waals surface area contributed by atoms with Crippen LogP contribution in [-0.2, 0) is 19.1 Å². The molecule has 7 nitrogen and oxygen atoms in total. The summed E-state index contributed by atoms with van der Waals surface area (Å²) in [4.78, 5) is 37.4. The molecule has 25 heavy (non-hydrogen) atoms. The van der Waals surface area contributed by atoms with Crippen LogP contribution < -0.4 is 10.2 Å². The molecule has 1 aromatic carbocycles. The Hall–Kier alpha value is -2.41. The zero-order valence-electron chi connectivity index (χ0n) is 14.1. The van der Waals surface area contributed by atoms with Crippen LogP contribution in [0.1, 0.15) is 25.3 Å². The first kappa shape index (κ1) is 16.1. The first-order valence-electron chi connectivity index (χ1n) is 8.53. The molecule has 1 N–H and O–H groups in total. The van der Waals surface area contributed by atoms with Gasteiger partial charge in [-0.1, -0.05) is 17.7 Å². The van der Waals surface area contributed by atoms with Crippen molar-refractivity contribution in [2.24, 2.45) is 11.8 Å². The van der Waals surface area contributed by atoms with E-state index in [0.717, 1.165) is 23.4 Å². The van der Waals surface area contributed by atoms with E-state index in [1.165, 1.54) is 0 Å². The number of amides is 3. The summed E-state index contributed by atoms with van der Waals surface area (Å²) in [5.41, 5.74) is 3.51. The van der Waals surface area contributed by atoms with Crippen LogP contribution in [0, 0.1) is 18.8 Å². The van der Waals surface area contributed by atoms with E-state index in [4.69, 9.17) is 9.47 Å². The Labute approximate surface area is 145 Å². The van der Waals surface area contributed by atoms with Crippen molar-refractivity contribution in [1.29, 1.82) is 0 Å². The zero-order valence-corrected chi connectivity index (χ0v) is 14.1. The number of fused-ring (bicyclic) bond motifs is 5. The highest BCUT2D eigenvalue weighted by Crippen LogP contribution is 2.47. The van der Waals surface area contributed by atoms with Gasteiger partial charge in [-0.2, -0.15) is 5.01 Å². The Kier molecular flexibility index (Phi) is 3.76. The van der Waals surface area contributed by atoms with Crippen LogP contribution in [0.15, 0.2) is 24.3 Å². The number of hydrogen-bond donors (Lipinski definition) is 1. The number of hydrogen-bond acceptors (Lipinski definition) is 5. The van der Waals surface area contributed by atoms with Crippen LogP contribution in [0.5, 0.6) is 5.75 Å². The van der Waals surface area contributed by atoms with Crippen LogP contribution in [0.2, 0.25) is 0 Å². The molecule has 3 aliphatic rings. The highest BCUT2D eigenvalue weighted by Gasteiger charge is 2.63. The number of rotatable bonds is 4. The lowest BCUT2D eigenvalue weighted by Crippen LogP contribution is -2.51. The molecule has 3 fully saturated rings. The molecule has 3 amide bonds. The van der Waals surface area contributed by atoms with Crippen LogP contribution >= 0.6 is 0 Å². The minimum Gasteiger partial charge on any atom is -0.481 e. The van der Waals surface area contributed by atoms with Crippen molar-refractivity contribution < 1.29 is 23.9 Å². The van der Waals surface area contributed by atoms with Gasteiger partial charge in [-0.3, -0.25) is 19.8 Å². The van der Waals surface area contributed by atoms with Crippen molar-refractivity contribution >= 4 is 17.7 Å². The minimum atomic E-state index is -0.836. The summed E-state index contributed by atoms with van der Waals surface area (Å²) in [5, 5.41) is 0.862.